The molecule has 0 saturated heterocycles. The van der Waals surface area contributed by atoms with Crippen LogP contribution in [-0.2, 0) is 11.2 Å². The largest absolute Gasteiger partial charge is 0.481 e. The van der Waals surface area contributed by atoms with E-state index in [9.17, 15) is 19.5 Å². The third-order valence-corrected chi connectivity index (χ3v) is 8.23. The van der Waals surface area contributed by atoms with Gasteiger partial charge in [0.2, 0.25) is 0 Å². The number of hydrogen-bond acceptors (Lipinski definition) is 3. The van der Waals surface area contributed by atoms with E-state index in [4.69, 9.17) is 0 Å². The second kappa shape index (κ2) is 7.33. The monoisotopic (exact) mass is 406 g/mol. The van der Waals surface area contributed by atoms with Crippen LogP contribution >= 0.6 is 0 Å². The minimum Gasteiger partial charge on any atom is -0.481 e. The van der Waals surface area contributed by atoms with Crippen LogP contribution in [0, 0.1) is 22.7 Å². The van der Waals surface area contributed by atoms with Crippen molar-refractivity contribution in [2.45, 2.75) is 58.8 Å². The van der Waals surface area contributed by atoms with E-state index in [0.29, 0.717) is 11.1 Å². The van der Waals surface area contributed by atoms with Gasteiger partial charge in [-0.25, -0.2) is 0 Å². The van der Waals surface area contributed by atoms with Crippen molar-refractivity contribution in [3.63, 3.8) is 0 Å². The number of ketones is 2. The Bertz CT molecular complexity index is 971. The molecule has 0 bridgehead atoms. The van der Waals surface area contributed by atoms with Crippen LogP contribution < -0.4 is 0 Å². The molecule has 2 fully saturated rings. The van der Waals surface area contributed by atoms with Crippen LogP contribution in [0.5, 0.6) is 0 Å². The summed E-state index contributed by atoms with van der Waals surface area (Å²) in [7, 11) is 0. The molecule has 0 heterocycles. The molecule has 4 rings (SSSR count). The molecule has 1 N–H and O–H groups in total. The molecule has 0 amide bonds. The maximum absolute atomic E-state index is 12.2. The van der Waals surface area contributed by atoms with Crippen molar-refractivity contribution >= 4 is 17.5 Å². The van der Waals surface area contributed by atoms with Crippen molar-refractivity contribution in [2.75, 3.05) is 0 Å². The van der Waals surface area contributed by atoms with Gasteiger partial charge in [0.1, 0.15) is 0 Å². The second-order valence-corrected chi connectivity index (χ2v) is 9.86. The number of carboxylic acid groups (broad SMARTS) is 1. The van der Waals surface area contributed by atoms with Crippen molar-refractivity contribution in [2.24, 2.45) is 22.7 Å². The van der Waals surface area contributed by atoms with Crippen LogP contribution in [0.2, 0.25) is 0 Å². The van der Waals surface area contributed by atoms with Crippen molar-refractivity contribution in [3.8, 4) is 0 Å². The van der Waals surface area contributed by atoms with Gasteiger partial charge in [-0.05, 0) is 86.5 Å². The zero-order valence-electron chi connectivity index (χ0n) is 17.9. The quantitative estimate of drug-likeness (QED) is 0.678. The standard InChI is InChI=1S/C26H30O4/c1-16-5-12-23-25(2,13-4-14-26(23,3)24(29)30)20(16)9-7-17-6-8-18-19(15-17)22(28)11-10-21(18)27/h6,8,10-11,15,20,23H,1,4-5,7,9,12-14H2,2-3H3,(H,29,30)/t20-,23+,25+,26-/m0/s1. The van der Waals surface area contributed by atoms with Gasteiger partial charge >= 0.3 is 5.97 Å². The molecular weight excluding hydrogens is 376 g/mol. The number of aryl methyl sites for hydroxylation is 1. The lowest BCUT2D eigenvalue weighted by Crippen LogP contribution is -2.53. The maximum Gasteiger partial charge on any atom is 0.309 e. The number of benzene rings is 1. The molecule has 0 aliphatic heterocycles. The Morgan fingerprint density at radius 2 is 1.83 bits per heavy atom. The number of carboxylic acids is 1. The first-order valence-electron chi connectivity index (χ1n) is 11.0. The Morgan fingerprint density at radius 1 is 1.13 bits per heavy atom. The van der Waals surface area contributed by atoms with Crippen LogP contribution in [0.4, 0.5) is 0 Å². The van der Waals surface area contributed by atoms with E-state index in [2.05, 4.69) is 13.5 Å². The number of hydrogen-bond donors (Lipinski definition) is 1. The van der Waals surface area contributed by atoms with Crippen molar-refractivity contribution < 1.29 is 19.5 Å². The van der Waals surface area contributed by atoms with Gasteiger partial charge in [-0.15, -0.1) is 0 Å². The van der Waals surface area contributed by atoms with Crippen molar-refractivity contribution in [1.82, 2.24) is 0 Å². The lowest BCUT2D eigenvalue weighted by atomic mass is 9.46. The van der Waals surface area contributed by atoms with E-state index >= 15 is 0 Å². The molecule has 3 aliphatic carbocycles. The van der Waals surface area contributed by atoms with E-state index in [-0.39, 0.29) is 28.8 Å². The first-order valence-corrected chi connectivity index (χ1v) is 11.0. The third kappa shape index (κ3) is 3.17. The maximum atomic E-state index is 12.2. The summed E-state index contributed by atoms with van der Waals surface area (Å²) < 4.78 is 0. The summed E-state index contributed by atoms with van der Waals surface area (Å²) in [6, 6.07) is 5.56. The smallest absolute Gasteiger partial charge is 0.309 e. The van der Waals surface area contributed by atoms with Gasteiger partial charge in [-0.2, -0.15) is 0 Å². The molecule has 4 atom stereocenters. The number of allylic oxidation sites excluding steroid dienone is 3. The number of aliphatic carboxylic acids is 1. The molecule has 0 unspecified atom stereocenters. The van der Waals surface area contributed by atoms with Crippen LogP contribution in [0.25, 0.3) is 0 Å². The molecular formula is C26H30O4. The summed E-state index contributed by atoms with van der Waals surface area (Å²) in [5.41, 5.74) is 2.50. The van der Waals surface area contributed by atoms with Gasteiger partial charge in [0.15, 0.2) is 11.6 Å². The van der Waals surface area contributed by atoms with Crippen LogP contribution in [0.15, 0.2) is 42.5 Å². The highest BCUT2D eigenvalue weighted by Gasteiger charge is 2.57. The fraction of sp³-hybridized carbons (Fsp3) is 0.500. The molecule has 1 aromatic rings. The van der Waals surface area contributed by atoms with Gasteiger partial charge in [0.25, 0.3) is 0 Å². The summed E-state index contributed by atoms with van der Waals surface area (Å²) in [4.78, 5) is 36.4. The van der Waals surface area contributed by atoms with Gasteiger partial charge in [-0.1, -0.05) is 37.6 Å². The number of rotatable bonds is 4. The molecule has 0 spiro atoms. The fourth-order valence-electron chi connectivity index (χ4n) is 6.55. The summed E-state index contributed by atoms with van der Waals surface area (Å²) in [6.45, 7) is 8.58. The van der Waals surface area contributed by atoms with Crippen LogP contribution in [0.3, 0.4) is 0 Å². The Balaban J connectivity index is 1.58. The molecule has 0 radical (unpaired) electrons. The summed E-state index contributed by atoms with van der Waals surface area (Å²) in [5.74, 6) is -0.494. The van der Waals surface area contributed by atoms with Crippen molar-refractivity contribution in [3.05, 3.63) is 59.2 Å². The molecule has 4 nitrogen and oxygen atoms in total. The zero-order chi connectivity index (χ0) is 21.7. The predicted octanol–water partition coefficient (Wildman–Crippen LogP) is 5.42. The highest BCUT2D eigenvalue weighted by molar-refractivity contribution is 6.22. The molecule has 2 saturated carbocycles. The number of fused-ring (bicyclic) bond motifs is 2. The van der Waals surface area contributed by atoms with E-state index in [0.717, 1.165) is 50.5 Å². The first-order chi connectivity index (χ1) is 14.2. The van der Waals surface area contributed by atoms with E-state index in [1.165, 1.54) is 17.7 Å². The normalized spacial score (nSPS) is 33.2. The third-order valence-electron chi connectivity index (χ3n) is 8.23. The van der Waals surface area contributed by atoms with E-state index in [1.807, 2.05) is 19.1 Å². The average Bonchev–Trinajstić information content (AvgIpc) is 2.70. The summed E-state index contributed by atoms with van der Waals surface area (Å²) in [5, 5.41) is 9.98. The van der Waals surface area contributed by atoms with Crippen LogP contribution in [-0.4, -0.2) is 22.6 Å². The Hall–Kier alpha value is -2.49. The van der Waals surface area contributed by atoms with E-state index < -0.39 is 11.4 Å². The molecule has 3 aliphatic rings. The zero-order valence-corrected chi connectivity index (χ0v) is 17.9. The number of carbonyl (C=O) groups is 3. The molecule has 1 aromatic carbocycles. The molecule has 30 heavy (non-hydrogen) atoms. The highest BCUT2D eigenvalue weighted by atomic mass is 16.4. The Kier molecular flexibility index (Phi) is 5.08. The van der Waals surface area contributed by atoms with Gasteiger partial charge in [-0.3, -0.25) is 14.4 Å². The highest BCUT2D eigenvalue weighted by Crippen LogP contribution is 2.61. The molecule has 0 aromatic heterocycles. The van der Waals surface area contributed by atoms with Gasteiger partial charge < -0.3 is 5.11 Å². The first kappa shape index (κ1) is 20.8. The lowest BCUT2D eigenvalue weighted by Gasteiger charge is -2.57. The van der Waals surface area contributed by atoms with Gasteiger partial charge in [0, 0.05) is 11.1 Å². The van der Waals surface area contributed by atoms with Crippen LogP contribution in [0.1, 0.15) is 78.7 Å². The molecule has 4 heteroatoms. The Morgan fingerprint density at radius 3 is 2.53 bits per heavy atom. The van der Waals surface area contributed by atoms with E-state index in [1.54, 1.807) is 6.07 Å². The minimum absolute atomic E-state index is 0.0660. The molecule has 158 valence electrons. The lowest BCUT2D eigenvalue weighted by molar-refractivity contribution is -0.164. The summed E-state index contributed by atoms with van der Waals surface area (Å²) in [6.07, 6.45) is 8.85. The Labute approximate surface area is 178 Å². The minimum atomic E-state index is -0.671. The number of carbonyl (C=O) groups excluding carboxylic acids is 2. The summed E-state index contributed by atoms with van der Waals surface area (Å²) >= 11 is 0. The SMILES string of the molecule is C=C1CC[C@@H]2[C@](C)(CCC[C@]2(C)C(=O)O)[C@H]1CCc1ccc2c(c1)C(=O)C=CC2=O. The average molecular weight is 407 g/mol. The fourth-order valence-corrected chi connectivity index (χ4v) is 6.55. The predicted molar refractivity (Wildman–Crippen MR) is 116 cm³/mol. The van der Waals surface area contributed by atoms with Gasteiger partial charge in [0.05, 0.1) is 5.41 Å². The van der Waals surface area contributed by atoms with Crippen molar-refractivity contribution in [1.29, 1.82) is 0 Å². The topological polar surface area (TPSA) is 71.4 Å². The second-order valence-electron chi connectivity index (χ2n) is 9.86.